The van der Waals surface area contributed by atoms with Crippen molar-refractivity contribution >= 4 is 15.5 Å². The van der Waals surface area contributed by atoms with E-state index in [0.717, 1.165) is 6.26 Å². The summed E-state index contributed by atoms with van der Waals surface area (Å²) in [6.07, 6.45) is 1.06. The van der Waals surface area contributed by atoms with Crippen LogP contribution in [0.4, 0.5) is 5.69 Å². The Bertz CT molecular complexity index is 442. The Morgan fingerprint density at radius 1 is 1.31 bits per heavy atom. The second kappa shape index (κ2) is 4.82. The topological polar surface area (TPSA) is 106 Å². The summed E-state index contributed by atoms with van der Waals surface area (Å²) in [5.41, 5.74) is 12.5. The molecule has 5 nitrogen and oxygen atoms in total. The lowest BCUT2D eigenvalue weighted by Crippen LogP contribution is -2.36. The van der Waals surface area contributed by atoms with Crippen molar-refractivity contribution in [2.75, 3.05) is 18.6 Å². The fourth-order valence-corrected chi connectivity index (χ4v) is 2.41. The van der Waals surface area contributed by atoms with E-state index in [-0.39, 0.29) is 0 Å². The Morgan fingerprint density at radius 2 is 1.81 bits per heavy atom. The minimum atomic E-state index is -3.38. The zero-order chi connectivity index (χ0) is 12.3. The lowest BCUT2D eigenvalue weighted by atomic mass is 10.0. The maximum absolute atomic E-state index is 11.4. The van der Waals surface area contributed by atoms with Crippen LogP contribution in [0, 0.1) is 0 Å². The summed E-state index contributed by atoms with van der Waals surface area (Å²) in [7, 11) is -3.38. The standard InChI is InChI=1S/C10H16N2O3S/c1-16(14,15)9(6-13)10(12)7-2-4-8(11)5-3-7/h2-5,9-10,13H,6,11-12H2,1H3/t9-,10-/m0/s1. The van der Waals surface area contributed by atoms with E-state index in [2.05, 4.69) is 0 Å². The summed E-state index contributed by atoms with van der Waals surface area (Å²) < 4.78 is 22.8. The minimum absolute atomic E-state index is 0.496. The Balaban J connectivity index is 3.00. The maximum atomic E-state index is 11.4. The highest BCUT2D eigenvalue weighted by molar-refractivity contribution is 7.91. The third-order valence-corrected chi connectivity index (χ3v) is 3.99. The smallest absolute Gasteiger partial charge is 0.154 e. The van der Waals surface area contributed by atoms with E-state index < -0.39 is 27.7 Å². The van der Waals surface area contributed by atoms with Crippen molar-refractivity contribution in [2.45, 2.75) is 11.3 Å². The van der Waals surface area contributed by atoms with Gasteiger partial charge in [0, 0.05) is 18.0 Å². The predicted molar refractivity (Wildman–Crippen MR) is 63.5 cm³/mol. The molecule has 0 amide bonds. The van der Waals surface area contributed by atoms with Crippen LogP contribution in [0.1, 0.15) is 11.6 Å². The van der Waals surface area contributed by atoms with Gasteiger partial charge in [-0.2, -0.15) is 0 Å². The van der Waals surface area contributed by atoms with Crippen molar-refractivity contribution < 1.29 is 13.5 Å². The van der Waals surface area contributed by atoms with Crippen LogP contribution < -0.4 is 11.5 Å². The van der Waals surface area contributed by atoms with Crippen LogP contribution in [0.5, 0.6) is 0 Å². The van der Waals surface area contributed by atoms with Gasteiger partial charge in [0.2, 0.25) is 0 Å². The Hall–Kier alpha value is -1.11. The van der Waals surface area contributed by atoms with E-state index in [9.17, 15) is 8.42 Å². The Labute approximate surface area is 95.0 Å². The maximum Gasteiger partial charge on any atom is 0.154 e. The number of rotatable bonds is 4. The number of sulfone groups is 1. The highest BCUT2D eigenvalue weighted by atomic mass is 32.2. The molecule has 2 atom stereocenters. The third-order valence-electron chi connectivity index (χ3n) is 2.45. The summed E-state index contributed by atoms with van der Waals surface area (Å²) in [5, 5.41) is 8.07. The molecule has 1 aromatic carbocycles. The quantitative estimate of drug-likeness (QED) is 0.629. The number of benzene rings is 1. The fraction of sp³-hybridized carbons (Fsp3) is 0.400. The van der Waals surface area contributed by atoms with E-state index in [0.29, 0.717) is 11.3 Å². The van der Waals surface area contributed by atoms with Gasteiger partial charge in [-0.15, -0.1) is 0 Å². The third kappa shape index (κ3) is 2.94. The molecule has 0 aromatic heterocycles. The van der Waals surface area contributed by atoms with Gasteiger partial charge in [0.25, 0.3) is 0 Å². The molecule has 0 heterocycles. The molecule has 0 bridgehead atoms. The first-order valence-electron chi connectivity index (χ1n) is 4.77. The lowest BCUT2D eigenvalue weighted by molar-refractivity contribution is 0.278. The zero-order valence-electron chi connectivity index (χ0n) is 9.00. The van der Waals surface area contributed by atoms with Crippen molar-refractivity contribution in [2.24, 2.45) is 5.73 Å². The molecule has 5 N–H and O–H groups in total. The molecule has 0 aliphatic heterocycles. The molecule has 0 radical (unpaired) electrons. The molecule has 1 aromatic rings. The van der Waals surface area contributed by atoms with E-state index in [1.54, 1.807) is 24.3 Å². The monoisotopic (exact) mass is 244 g/mol. The fourth-order valence-electron chi connectivity index (χ4n) is 1.45. The highest BCUT2D eigenvalue weighted by Crippen LogP contribution is 2.20. The summed E-state index contributed by atoms with van der Waals surface area (Å²) in [6.45, 7) is -0.496. The van der Waals surface area contributed by atoms with Crippen LogP contribution in [0.3, 0.4) is 0 Å². The number of hydrogen-bond acceptors (Lipinski definition) is 5. The first-order chi connectivity index (χ1) is 7.36. The predicted octanol–water partition coefficient (Wildman–Crippen LogP) is -0.326. The Kier molecular flexibility index (Phi) is 3.90. The summed E-state index contributed by atoms with van der Waals surface area (Å²) in [6, 6.07) is 5.86. The van der Waals surface area contributed by atoms with Gasteiger partial charge in [0.15, 0.2) is 9.84 Å². The number of aliphatic hydroxyl groups is 1. The van der Waals surface area contributed by atoms with Crippen LogP contribution in [-0.2, 0) is 9.84 Å². The van der Waals surface area contributed by atoms with Crippen LogP contribution in [0.15, 0.2) is 24.3 Å². The van der Waals surface area contributed by atoms with Gasteiger partial charge < -0.3 is 16.6 Å². The van der Waals surface area contributed by atoms with Crippen LogP contribution in [0.2, 0.25) is 0 Å². The van der Waals surface area contributed by atoms with Crippen LogP contribution in [-0.4, -0.2) is 31.6 Å². The molecule has 6 heteroatoms. The van der Waals surface area contributed by atoms with Crippen molar-refractivity contribution in [3.63, 3.8) is 0 Å². The molecule has 0 saturated carbocycles. The van der Waals surface area contributed by atoms with E-state index in [1.165, 1.54) is 0 Å². The minimum Gasteiger partial charge on any atom is -0.399 e. The van der Waals surface area contributed by atoms with Gasteiger partial charge >= 0.3 is 0 Å². The van der Waals surface area contributed by atoms with E-state index in [1.807, 2.05) is 0 Å². The molecule has 0 fully saturated rings. The largest absolute Gasteiger partial charge is 0.399 e. The van der Waals surface area contributed by atoms with Gasteiger partial charge in [-0.05, 0) is 17.7 Å². The number of nitrogen functional groups attached to an aromatic ring is 1. The normalized spacial score (nSPS) is 15.7. The van der Waals surface area contributed by atoms with Gasteiger partial charge in [-0.1, -0.05) is 12.1 Å². The van der Waals surface area contributed by atoms with Crippen molar-refractivity contribution in [1.82, 2.24) is 0 Å². The summed E-state index contributed by atoms with van der Waals surface area (Å²) in [5.74, 6) is 0. The first kappa shape index (κ1) is 13.0. The van der Waals surface area contributed by atoms with Crippen molar-refractivity contribution in [1.29, 1.82) is 0 Å². The van der Waals surface area contributed by atoms with Crippen LogP contribution >= 0.6 is 0 Å². The van der Waals surface area contributed by atoms with E-state index in [4.69, 9.17) is 16.6 Å². The second-order valence-corrected chi connectivity index (χ2v) is 6.01. The van der Waals surface area contributed by atoms with Gasteiger partial charge in [0.05, 0.1) is 6.61 Å². The number of nitrogens with two attached hydrogens (primary N) is 2. The Morgan fingerprint density at radius 3 is 2.19 bits per heavy atom. The molecule has 0 spiro atoms. The average molecular weight is 244 g/mol. The number of anilines is 1. The van der Waals surface area contributed by atoms with Crippen molar-refractivity contribution in [3.8, 4) is 0 Å². The summed E-state index contributed by atoms with van der Waals surface area (Å²) >= 11 is 0. The highest BCUT2D eigenvalue weighted by Gasteiger charge is 2.27. The molecule has 0 saturated heterocycles. The van der Waals surface area contributed by atoms with Gasteiger partial charge in [-0.25, -0.2) is 8.42 Å². The number of aliphatic hydroxyl groups excluding tert-OH is 1. The van der Waals surface area contributed by atoms with Crippen molar-refractivity contribution in [3.05, 3.63) is 29.8 Å². The lowest BCUT2D eigenvalue weighted by Gasteiger charge is -2.20. The molecule has 0 aliphatic carbocycles. The SMILES string of the molecule is CS(=O)(=O)[C@@H](CO)[C@@H](N)c1ccc(N)cc1. The molecular weight excluding hydrogens is 228 g/mol. The molecule has 16 heavy (non-hydrogen) atoms. The zero-order valence-corrected chi connectivity index (χ0v) is 9.81. The number of hydrogen-bond donors (Lipinski definition) is 3. The summed E-state index contributed by atoms with van der Waals surface area (Å²) in [4.78, 5) is 0. The van der Waals surface area contributed by atoms with Gasteiger partial charge in [-0.3, -0.25) is 0 Å². The molecule has 90 valence electrons. The molecule has 0 unspecified atom stereocenters. The molecule has 0 aliphatic rings. The molecular formula is C10H16N2O3S. The average Bonchev–Trinajstić information content (AvgIpc) is 2.17. The second-order valence-electron chi connectivity index (χ2n) is 3.74. The molecule has 1 rings (SSSR count). The van der Waals surface area contributed by atoms with Crippen LogP contribution in [0.25, 0.3) is 0 Å². The van der Waals surface area contributed by atoms with E-state index >= 15 is 0 Å². The first-order valence-corrected chi connectivity index (χ1v) is 6.72. The van der Waals surface area contributed by atoms with Gasteiger partial charge in [0.1, 0.15) is 5.25 Å².